The summed E-state index contributed by atoms with van der Waals surface area (Å²) in [4.78, 5) is 6.45. The summed E-state index contributed by atoms with van der Waals surface area (Å²) in [6.07, 6.45) is 3.74. The van der Waals surface area contributed by atoms with Crippen LogP contribution < -0.4 is 0 Å². The summed E-state index contributed by atoms with van der Waals surface area (Å²) in [5.41, 5.74) is 0.813. The van der Waals surface area contributed by atoms with Gasteiger partial charge in [-0.2, -0.15) is 12.6 Å². The summed E-state index contributed by atoms with van der Waals surface area (Å²) >= 11 is 4.44. The number of hydrogen-bond donors (Lipinski definition) is 1. The summed E-state index contributed by atoms with van der Waals surface area (Å²) < 4.78 is 12.9. The summed E-state index contributed by atoms with van der Waals surface area (Å²) in [6, 6.07) is 2.89. The van der Waals surface area contributed by atoms with Gasteiger partial charge in [-0.1, -0.05) is 0 Å². The van der Waals surface area contributed by atoms with Crippen LogP contribution in [0.15, 0.2) is 18.3 Å². The Morgan fingerprint density at radius 3 is 2.87 bits per heavy atom. The van der Waals surface area contributed by atoms with Gasteiger partial charge in [0.05, 0.1) is 5.69 Å². The Morgan fingerprint density at radius 1 is 1.47 bits per heavy atom. The first-order chi connectivity index (χ1) is 7.24. The molecule has 1 aliphatic heterocycles. The lowest BCUT2D eigenvalue weighted by Gasteiger charge is -2.29. The van der Waals surface area contributed by atoms with Gasteiger partial charge in [-0.05, 0) is 38.1 Å². The van der Waals surface area contributed by atoms with E-state index in [0.29, 0.717) is 5.25 Å². The molecule has 1 aliphatic rings. The van der Waals surface area contributed by atoms with E-state index in [9.17, 15) is 4.39 Å². The zero-order valence-corrected chi connectivity index (χ0v) is 9.46. The van der Waals surface area contributed by atoms with E-state index in [-0.39, 0.29) is 5.82 Å². The number of halogens is 1. The third-order valence-electron chi connectivity index (χ3n) is 2.72. The van der Waals surface area contributed by atoms with Crippen molar-refractivity contribution in [2.45, 2.75) is 24.6 Å². The van der Waals surface area contributed by atoms with Crippen LogP contribution in [0.25, 0.3) is 0 Å². The first kappa shape index (κ1) is 10.9. The largest absolute Gasteiger partial charge is 0.297 e. The van der Waals surface area contributed by atoms with Gasteiger partial charge in [0.15, 0.2) is 0 Å². The number of piperidine rings is 1. The average Bonchev–Trinajstić information content (AvgIpc) is 2.22. The zero-order chi connectivity index (χ0) is 10.7. The number of hydrogen-bond acceptors (Lipinski definition) is 3. The van der Waals surface area contributed by atoms with Gasteiger partial charge in [0, 0.05) is 18.0 Å². The summed E-state index contributed by atoms with van der Waals surface area (Å²) in [5.74, 6) is -0.205. The Hall–Kier alpha value is -0.610. The van der Waals surface area contributed by atoms with Crippen molar-refractivity contribution < 1.29 is 4.39 Å². The molecule has 0 N–H and O–H groups in total. The molecule has 2 nitrogen and oxygen atoms in total. The fourth-order valence-electron chi connectivity index (χ4n) is 1.84. The smallest absolute Gasteiger partial charge is 0.126 e. The van der Waals surface area contributed by atoms with Gasteiger partial charge >= 0.3 is 0 Å². The standard InChI is InChI=1S/C11H15FN2S/c12-9-1-4-13-10(7-9)8-14-5-2-11(15)3-6-14/h1,4,7,11,15H,2-3,5-6,8H2. The molecule has 2 rings (SSSR count). The third kappa shape index (κ3) is 3.18. The van der Waals surface area contributed by atoms with Crippen LogP contribution in [0.1, 0.15) is 18.5 Å². The lowest BCUT2D eigenvalue weighted by Crippen LogP contribution is -2.33. The Morgan fingerprint density at radius 2 is 2.20 bits per heavy atom. The molecule has 0 amide bonds. The second-order valence-corrected chi connectivity index (χ2v) is 4.70. The molecule has 4 heteroatoms. The van der Waals surface area contributed by atoms with Crippen LogP contribution >= 0.6 is 12.6 Å². The molecular formula is C11H15FN2S. The fraction of sp³-hybridized carbons (Fsp3) is 0.545. The van der Waals surface area contributed by atoms with Crippen molar-refractivity contribution in [3.63, 3.8) is 0 Å². The number of likely N-dealkylation sites (tertiary alicyclic amines) is 1. The van der Waals surface area contributed by atoms with Crippen molar-refractivity contribution in [2.24, 2.45) is 0 Å². The number of thiol groups is 1. The molecule has 2 heterocycles. The highest BCUT2D eigenvalue weighted by atomic mass is 32.1. The number of nitrogens with zero attached hydrogens (tertiary/aromatic N) is 2. The van der Waals surface area contributed by atoms with E-state index in [1.807, 2.05) is 0 Å². The Balaban J connectivity index is 1.92. The van der Waals surface area contributed by atoms with E-state index in [1.54, 1.807) is 0 Å². The zero-order valence-electron chi connectivity index (χ0n) is 8.56. The van der Waals surface area contributed by atoms with Gasteiger partial charge in [0.25, 0.3) is 0 Å². The van der Waals surface area contributed by atoms with Crippen LogP contribution in [0.4, 0.5) is 4.39 Å². The average molecular weight is 226 g/mol. The normalized spacial score (nSPS) is 19.3. The summed E-state index contributed by atoms with van der Waals surface area (Å²) in [6.45, 7) is 2.82. The molecule has 0 aliphatic carbocycles. The maximum absolute atomic E-state index is 12.9. The molecule has 1 aromatic rings. The molecule has 0 bridgehead atoms. The first-order valence-corrected chi connectivity index (χ1v) is 5.76. The van der Waals surface area contributed by atoms with E-state index >= 15 is 0 Å². The first-order valence-electron chi connectivity index (χ1n) is 5.25. The van der Waals surface area contributed by atoms with Gasteiger partial charge in [-0.25, -0.2) is 4.39 Å². The predicted molar refractivity (Wildman–Crippen MR) is 61.5 cm³/mol. The Kier molecular flexibility index (Phi) is 3.59. The van der Waals surface area contributed by atoms with Crippen molar-refractivity contribution in [2.75, 3.05) is 13.1 Å². The van der Waals surface area contributed by atoms with Crippen LogP contribution in [0.5, 0.6) is 0 Å². The maximum Gasteiger partial charge on any atom is 0.126 e. The molecular weight excluding hydrogens is 211 g/mol. The van der Waals surface area contributed by atoms with Crippen molar-refractivity contribution in [1.29, 1.82) is 0 Å². The van der Waals surface area contributed by atoms with Crippen molar-refractivity contribution in [1.82, 2.24) is 9.88 Å². The minimum atomic E-state index is -0.205. The molecule has 0 aromatic carbocycles. The van der Waals surface area contributed by atoms with Gasteiger partial charge in [-0.3, -0.25) is 9.88 Å². The topological polar surface area (TPSA) is 16.1 Å². The molecule has 0 unspecified atom stereocenters. The molecule has 0 saturated carbocycles. The molecule has 0 atom stereocenters. The quantitative estimate of drug-likeness (QED) is 0.777. The van der Waals surface area contributed by atoms with Crippen LogP contribution in [0, 0.1) is 5.82 Å². The third-order valence-corrected chi connectivity index (χ3v) is 3.24. The van der Waals surface area contributed by atoms with Gasteiger partial charge < -0.3 is 0 Å². The molecule has 1 fully saturated rings. The van der Waals surface area contributed by atoms with E-state index in [4.69, 9.17) is 0 Å². The molecule has 82 valence electrons. The summed E-state index contributed by atoms with van der Waals surface area (Å²) in [5, 5.41) is 0.529. The van der Waals surface area contributed by atoms with Crippen LogP contribution in [-0.4, -0.2) is 28.2 Å². The molecule has 1 aromatic heterocycles. The highest BCUT2D eigenvalue weighted by molar-refractivity contribution is 7.80. The monoisotopic (exact) mass is 226 g/mol. The summed E-state index contributed by atoms with van der Waals surface area (Å²) in [7, 11) is 0. The Labute approximate surface area is 94.9 Å². The number of aromatic nitrogens is 1. The number of pyridine rings is 1. The van der Waals surface area contributed by atoms with Crippen LogP contribution in [-0.2, 0) is 6.54 Å². The van der Waals surface area contributed by atoms with Gasteiger partial charge in [0.2, 0.25) is 0 Å². The van der Waals surface area contributed by atoms with E-state index in [2.05, 4.69) is 22.5 Å². The molecule has 0 radical (unpaired) electrons. The van der Waals surface area contributed by atoms with E-state index in [1.165, 1.54) is 18.3 Å². The van der Waals surface area contributed by atoms with E-state index in [0.717, 1.165) is 38.2 Å². The minimum Gasteiger partial charge on any atom is -0.297 e. The lowest BCUT2D eigenvalue weighted by molar-refractivity contribution is 0.222. The molecule has 1 saturated heterocycles. The van der Waals surface area contributed by atoms with Crippen molar-refractivity contribution in [3.8, 4) is 0 Å². The highest BCUT2D eigenvalue weighted by Crippen LogP contribution is 2.16. The fourth-order valence-corrected chi connectivity index (χ4v) is 2.07. The highest BCUT2D eigenvalue weighted by Gasteiger charge is 2.16. The Bertz CT molecular complexity index is 324. The van der Waals surface area contributed by atoms with E-state index < -0.39 is 0 Å². The van der Waals surface area contributed by atoms with Crippen LogP contribution in [0.3, 0.4) is 0 Å². The maximum atomic E-state index is 12.9. The second-order valence-electron chi connectivity index (χ2n) is 3.97. The van der Waals surface area contributed by atoms with Crippen LogP contribution in [0.2, 0.25) is 0 Å². The van der Waals surface area contributed by atoms with Crippen molar-refractivity contribution >= 4 is 12.6 Å². The molecule has 0 spiro atoms. The second kappa shape index (κ2) is 4.94. The van der Waals surface area contributed by atoms with Gasteiger partial charge in [0.1, 0.15) is 5.82 Å². The predicted octanol–water partition coefficient (Wildman–Crippen LogP) is 2.11. The van der Waals surface area contributed by atoms with Crippen molar-refractivity contribution in [3.05, 3.63) is 29.8 Å². The molecule has 15 heavy (non-hydrogen) atoms. The SMILES string of the molecule is Fc1ccnc(CN2CCC(S)CC2)c1. The lowest BCUT2D eigenvalue weighted by atomic mass is 10.1. The number of rotatable bonds is 2. The van der Waals surface area contributed by atoms with Gasteiger partial charge in [-0.15, -0.1) is 0 Å². The minimum absolute atomic E-state index is 0.205.